The Morgan fingerprint density at radius 1 is 1.14 bits per heavy atom. The van der Waals surface area contributed by atoms with Gasteiger partial charge in [-0.1, -0.05) is 13.3 Å². The van der Waals surface area contributed by atoms with E-state index in [1.165, 1.54) is 0 Å². The van der Waals surface area contributed by atoms with Gasteiger partial charge in [0.25, 0.3) is 11.8 Å². The van der Waals surface area contributed by atoms with Crippen LogP contribution in [0, 0.1) is 12.8 Å². The second-order valence-corrected chi connectivity index (χ2v) is 9.42. The van der Waals surface area contributed by atoms with E-state index in [4.69, 9.17) is 5.73 Å². The molecule has 188 valence electrons. The van der Waals surface area contributed by atoms with Gasteiger partial charge >= 0.3 is 0 Å². The van der Waals surface area contributed by atoms with Gasteiger partial charge in [0.05, 0.1) is 17.5 Å². The van der Waals surface area contributed by atoms with Crippen LogP contribution >= 0.6 is 0 Å². The third-order valence-electron chi connectivity index (χ3n) is 7.22. The Labute approximate surface area is 206 Å². The molecular formula is C25H36N8O2. The maximum atomic E-state index is 12.9. The molecule has 10 heteroatoms. The summed E-state index contributed by atoms with van der Waals surface area (Å²) in [6.07, 6.45) is 6.14. The van der Waals surface area contributed by atoms with E-state index in [1.807, 2.05) is 11.8 Å². The zero-order valence-corrected chi connectivity index (χ0v) is 20.9. The number of rotatable bonds is 5. The van der Waals surface area contributed by atoms with Crippen molar-refractivity contribution in [2.45, 2.75) is 39.2 Å². The topological polar surface area (TPSA) is 121 Å². The normalized spacial score (nSPS) is 19.9. The van der Waals surface area contributed by atoms with Crippen molar-refractivity contribution in [3.8, 4) is 0 Å². The van der Waals surface area contributed by atoms with Crippen molar-refractivity contribution >= 4 is 23.5 Å². The van der Waals surface area contributed by atoms with E-state index in [2.05, 4.69) is 37.0 Å². The molecule has 0 radical (unpaired) electrons. The maximum Gasteiger partial charge on any atom is 0.271 e. The number of amides is 2. The minimum atomic E-state index is -0.225. The standard InChI is InChI=1S/C25H36N8O2/c1-4-18-15-32(12-13-33(16-18)23-17(2)30-21(14-29-23)24(34)27-3)19-7-10-31(11-8-19)25(35)20-6-5-9-28-22(20)26/h5-6,9,14,18-19H,4,7-8,10-13,15-16H2,1-3H3,(H2,26,28)(H,27,34)/t18-/m1/s1. The molecule has 0 bridgehead atoms. The van der Waals surface area contributed by atoms with Crippen LogP contribution in [0.25, 0.3) is 0 Å². The Hall–Kier alpha value is -3.27. The molecular weight excluding hydrogens is 444 g/mol. The second kappa shape index (κ2) is 11.0. The summed E-state index contributed by atoms with van der Waals surface area (Å²) < 4.78 is 0. The summed E-state index contributed by atoms with van der Waals surface area (Å²) in [5.41, 5.74) is 7.52. The molecule has 2 fully saturated rings. The molecule has 0 spiro atoms. The van der Waals surface area contributed by atoms with Gasteiger partial charge in [-0.25, -0.2) is 15.0 Å². The van der Waals surface area contributed by atoms with E-state index in [0.717, 1.165) is 70.0 Å². The summed E-state index contributed by atoms with van der Waals surface area (Å²) in [6, 6.07) is 3.95. The highest BCUT2D eigenvalue weighted by molar-refractivity contribution is 5.98. The molecule has 2 aromatic heterocycles. The average Bonchev–Trinajstić information content (AvgIpc) is 3.11. The Morgan fingerprint density at radius 3 is 2.57 bits per heavy atom. The largest absolute Gasteiger partial charge is 0.383 e. The number of hydrogen-bond donors (Lipinski definition) is 2. The number of piperidine rings is 1. The number of nitrogens with zero attached hydrogens (tertiary/aromatic N) is 6. The first-order chi connectivity index (χ1) is 16.9. The number of aryl methyl sites for hydroxylation is 1. The molecule has 2 saturated heterocycles. The van der Waals surface area contributed by atoms with E-state index < -0.39 is 0 Å². The summed E-state index contributed by atoms with van der Waals surface area (Å²) in [5, 5.41) is 2.60. The Morgan fingerprint density at radius 2 is 1.91 bits per heavy atom. The van der Waals surface area contributed by atoms with E-state index in [9.17, 15) is 9.59 Å². The van der Waals surface area contributed by atoms with Crippen LogP contribution < -0.4 is 16.0 Å². The number of nitrogen functional groups attached to an aromatic ring is 1. The molecule has 3 N–H and O–H groups in total. The van der Waals surface area contributed by atoms with Crippen LogP contribution in [0.2, 0.25) is 0 Å². The van der Waals surface area contributed by atoms with Crippen LogP contribution in [0.4, 0.5) is 11.6 Å². The lowest BCUT2D eigenvalue weighted by Crippen LogP contribution is -2.48. The van der Waals surface area contributed by atoms with E-state index >= 15 is 0 Å². The summed E-state index contributed by atoms with van der Waals surface area (Å²) >= 11 is 0. The third-order valence-corrected chi connectivity index (χ3v) is 7.22. The van der Waals surface area contributed by atoms with Crippen molar-refractivity contribution in [3.05, 3.63) is 41.5 Å². The summed E-state index contributed by atoms with van der Waals surface area (Å²) in [4.78, 5) is 44.8. The van der Waals surface area contributed by atoms with E-state index in [1.54, 1.807) is 31.6 Å². The zero-order valence-electron chi connectivity index (χ0n) is 20.9. The molecule has 0 saturated carbocycles. The summed E-state index contributed by atoms with van der Waals surface area (Å²) in [6.45, 7) is 9.34. The molecule has 2 aliphatic rings. The van der Waals surface area contributed by atoms with Crippen molar-refractivity contribution in [2.75, 3.05) is 56.9 Å². The molecule has 10 nitrogen and oxygen atoms in total. The number of pyridine rings is 1. The first-order valence-corrected chi connectivity index (χ1v) is 12.5. The molecule has 2 aliphatic heterocycles. The highest BCUT2D eigenvalue weighted by Gasteiger charge is 2.32. The Kier molecular flexibility index (Phi) is 7.80. The number of carbonyl (C=O) groups is 2. The number of carbonyl (C=O) groups excluding carboxylic acids is 2. The molecule has 4 heterocycles. The number of aromatic nitrogens is 3. The van der Waals surface area contributed by atoms with Gasteiger partial charge in [-0.15, -0.1) is 0 Å². The molecule has 0 aliphatic carbocycles. The fourth-order valence-corrected chi connectivity index (χ4v) is 5.14. The lowest BCUT2D eigenvalue weighted by Gasteiger charge is -2.39. The maximum absolute atomic E-state index is 12.9. The van der Waals surface area contributed by atoms with Crippen LogP contribution in [-0.4, -0.2) is 88.9 Å². The first-order valence-electron chi connectivity index (χ1n) is 12.5. The smallest absolute Gasteiger partial charge is 0.271 e. The van der Waals surface area contributed by atoms with Crippen molar-refractivity contribution in [3.63, 3.8) is 0 Å². The SMILES string of the molecule is CC[C@H]1CN(c2ncc(C(=O)NC)nc2C)CCN(C2CCN(C(=O)c3cccnc3N)CC2)C1. The molecule has 0 aromatic carbocycles. The number of likely N-dealkylation sites (tertiary alicyclic amines) is 1. The van der Waals surface area contributed by atoms with Crippen LogP contribution in [0.15, 0.2) is 24.5 Å². The fraction of sp³-hybridized carbons (Fsp3) is 0.560. The first kappa shape index (κ1) is 24.8. The average molecular weight is 481 g/mol. The van der Waals surface area contributed by atoms with Crippen molar-refractivity contribution in [2.24, 2.45) is 5.92 Å². The predicted molar refractivity (Wildman–Crippen MR) is 135 cm³/mol. The highest BCUT2D eigenvalue weighted by atomic mass is 16.2. The van der Waals surface area contributed by atoms with Gasteiger partial charge in [0.1, 0.15) is 17.3 Å². The van der Waals surface area contributed by atoms with Gasteiger partial charge in [0.2, 0.25) is 0 Å². The van der Waals surface area contributed by atoms with Gasteiger partial charge in [0, 0.05) is 58.6 Å². The highest BCUT2D eigenvalue weighted by Crippen LogP contribution is 2.26. The molecule has 0 unspecified atom stereocenters. The Bertz CT molecular complexity index is 1050. The zero-order chi connectivity index (χ0) is 24.9. The van der Waals surface area contributed by atoms with Gasteiger partial charge < -0.3 is 20.9 Å². The number of nitrogens with one attached hydrogen (secondary N) is 1. The van der Waals surface area contributed by atoms with Crippen molar-refractivity contribution in [1.82, 2.24) is 30.1 Å². The molecule has 35 heavy (non-hydrogen) atoms. The van der Waals surface area contributed by atoms with Crippen molar-refractivity contribution in [1.29, 1.82) is 0 Å². The molecule has 2 aromatic rings. The number of anilines is 2. The lowest BCUT2D eigenvalue weighted by molar-refractivity contribution is 0.0611. The summed E-state index contributed by atoms with van der Waals surface area (Å²) in [7, 11) is 1.59. The lowest BCUT2D eigenvalue weighted by atomic mass is 9.99. The predicted octanol–water partition coefficient (Wildman–Crippen LogP) is 1.57. The summed E-state index contributed by atoms with van der Waals surface area (Å²) in [5.74, 6) is 1.40. The Balaban J connectivity index is 1.40. The number of hydrogen-bond acceptors (Lipinski definition) is 8. The van der Waals surface area contributed by atoms with Crippen LogP contribution in [0.5, 0.6) is 0 Å². The van der Waals surface area contributed by atoms with Gasteiger partial charge in [0.15, 0.2) is 0 Å². The second-order valence-electron chi connectivity index (χ2n) is 9.42. The van der Waals surface area contributed by atoms with E-state index in [0.29, 0.717) is 29.0 Å². The minimum Gasteiger partial charge on any atom is -0.383 e. The quantitative estimate of drug-likeness (QED) is 0.662. The number of nitrogens with two attached hydrogens (primary N) is 1. The third kappa shape index (κ3) is 5.53. The van der Waals surface area contributed by atoms with Gasteiger partial charge in [-0.2, -0.15) is 0 Å². The van der Waals surface area contributed by atoms with Crippen LogP contribution in [0.1, 0.15) is 52.7 Å². The van der Waals surface area contributed by atoms with Crippen molar-refractivity contribution < 1.29 is 9.59 Å². The van der Waals surface area contributed by atoms with E-state index in [-0.39, 0.29) is 11.8 Å². The van der Waals surface area contributed by atoms with Crippen LogP contribution in [-0.2, 0) is 0 Å². The monoisotopic (exact) mass is 480 g/mol. The fourth-order valence-electron chi connectivity index (χ4n) is 5.14. The molecule has 2 amide bonds. The molecule has 4 rings (SSSR count). The minimum absolute atomic E-state index is 0.0308. The van der Waals surface area contributed by atoms with Gasteiger partial charge in [-0.05, 0) is 37.8 Å². The van der Waals surface area contributed by atoms with Crippen LogP contribution in [0.3, 0.4) is 0 Å². The molecule has 1 atom stereocenters. The van der Waals surface area contributed by atoms with Gasteiger partial charge in [-0.3, -0.25) is 14.5 Å².